The van der Waals surface area contributed by atoms with Crippen LogP contribution < -0.4 is 19.6 Å². The summed E-state index contributed by atoms with van der Waals surface area (Å²) in [6, 6.07) is 7.21. The summed E-state index contributed by atoms with van der Waals surface area (Å²) in [5, 5.41) is 4.35. The molecule has 3 rings (SSSR count). The molecule has 26 heavy (non-hydrogen) atoms. The van der Waals surface area contributed by atoms with Crippen LogP contribution in [0.25, 0.3) is 0 Å². The molecule has 136 valence electrons. The van der Waals surface area contributed by atoms with Crippen molar-refractivity contribution in [3.63, 3.8) is 0 Å². The number of halogens is 2. The lowest BCUT2D eigenvalue weighted by Gasteiger charge is -2.11. The fourth-order valence-electron chi connectivity index (χ4n) is 2.50. The molecule has 0 aliphatic carbocycles. The lowest BCUT2D eigenvalue weighted by Crippen LogP contribution is -2.25. The molecule has 1 N–H and O–H groups in total. The Kier molecular flexibility index (Phi) is 5.68. The number of carbonyl (C=O) groups is 1. The van der Waals surface area contributed by atoms with Crippen LogP contribution in [0.1, 0.15) is 16.7 Å². The van der Waals surface area contributed by atoms with Gasteiger partial charge in [0, 0.05) is 16.1 Å². The third-order valence-corrected chi connectivity index (χ3v) is 4.44. The SMILES string of the molecule is Cc1cc(Br)cc(C)c1OCC(=O)NN=Cc1cc2c(cc1Cl)OCO2. The van der Waals surface area contributed by atoms with Gasteiger partial charge in [-0.15, -0.1) is 0 Å². The van der Waals surface area contributed by atoms with Gasteiger partial charge in [0.2, 0.25) is 6.79 Å². The van der Waals surface area contributed by atoms with Crippen LogP contribution >= 0.6 is 27.5 Å². The predicted octanol–water partition coefficient (Wildman–Crippen LogP) is 3.98. The molecule has 6 nitrogen and oxygen atoms in total. The van der Waals surface area contributed by atoms with Crippen LogP contribution in [-0.2, 0) is 4.79 Å². The second kappa shape index (κ2) is 7.97. The van der Waals surface area contributed by atoms with Crippen LogP contribution in [0.5, 0.6) is 17.2 Å². The average Bonchev–Trinajstić information content (AvgIpc) is 3.01. The molecule has 1 amide bonds. The monoisotopic (exact) mass is 438 g/mol. The lowest BCUT2D eigenvalue weighted by atomic mass is 10.1. The van der Waals surface area contributed by atoms with E-state index in [2.05, 4.69) is 26.5 Å². The third-order valence-electron chi connectivity index (χ3n) is 3.66. The number of rotatable bonds is 5. The van der Waals surface area contributed by atoms with Gasteiger partial charge >= 0.3 is 0 Å². The first-order chi connectivity index (χ1) is 12.4. The van der Waals surface area contributed by atoms with Crippen LogP contribution in [-0.4, -0.2) is 25.5 Å². The Hall–Kier alpha value is -2.25. The van der Waals surface area contributed by atoms with Gasteiger partial charge in [0.05, 0.1) is 11.2 Å². The number of aryl methyl sites for hydroxylation is 2. The number of fused-ring (bicyclic) bond motifs is 1. The average molecular weight is 440 g/mol. The van der Waals surface area contributed by atoms with Crippen molar-refractivity contribution in [2.45, 2.75) is 13.8 Å². The fraction of sp³-hybridized carbons (Fsp3) is 0.222. The van der Waals surface area contributed by atoms with Crippen LogP contribution in [0, 0.1) is 13.8 Å². The standard InChI is InChI=1S/C18H16BrClN2O4/c1-10-3-13(19)4-11(2)18(10)24-8-17(23)22-21-7-12-5-15-16(6-14(12)20)26-9-25-15/h3-7H,8-9H2,1-2H3,(H,22,23). The molecule has 8 heteroatoms. The number of hydrogen-bond acceptors (Lipinski definition) is 5. The van der Waals surface area contributed by atoms with E-state index in [9.17, 15) is 4.79 Å². The Morgan fingerprint density at radius 1 is 1.27 bits per heavy atom. The van der Waals surface area contributed by atoms with E-state index in [1.54, 1.807) is 12.1 Å². The molecule has 0 atom stereocenters. The number of amides is 1. The lowest BCUT2D eigenvalue weighted by molar-refractivity contribution is -0.123. The molecule has 0 fully saturated rings. The van der Waals surface area contributed by atoms with E-state index >= 15 is 0 Å². The molecule has 1 heterocycles. The molecule has 1 aliphatic heterocycles. The third kappa shape index (κ3) is 4.28. The molecule has 0 bridgehead atoms. The Labute approximate surface area is 164 Å². The summed E-state index contributed by atoms with van der Waals surface area (Å²) in [5.41, 5.74) is 4.91. The van der Waals surface area contributed by atoms with Crippen molar-refractivity contribution >= 4 is 39.7 Å². The van der Waals surface area contributed by atoms with Crippen LogP contribution in [0.4, 0.5) is 0 Å². The zero-order valence-corrected chi connectivity index (χ0v) is 16.5. The summed E-state index contributed by atoms with van der Waals surface area (Å²) in [4.78, 5) is 11.9. The van der Waals surface area contributed by atoms with Crippen LogP contribution in [0.15, 0.2) is 33.8 Å². The van der Waals surface area contributed by atoms with Crippen LogP contribution in [0.3, 0.4) is 0 Å². The first-order valence-corrected chi connectivity index (χ1v) is 8.91. The minimum atomic E-state index is -0.375. The quantitative estimate of drug-likeness (QED) is 0.565. The van der Waals surface area contributed by atoms with Crippen molar-refractivity contribution in [1.29, 1.82) is 0 Å². The van der Waals surface area contributed by atoms with Gasteiger partial charge in [0.1, 0.15) is 5.75 Å². The normalized spacial score (nSPS) is 12.5. The first-order valence-electron chi connectivity index (χ1n) is 7.74. The fourth-order valence-corrected chi connectivity index (χ4v) is 3.39. The molecule has 0 saturated heterocycles. The Bertz CT molecular complexity index is 863. The number of hydrazone groups is 1. The maximum atomic E-state index is 11.9. The van der Waals surface area contributed by atoms with Crippen molar-refractivity contribution < 1.29 is 19.0 Å². The van der Waals surface area contributed by atoms with Crippen molar-refractivity contribution in [3.05, 3.63) is 50.5 Å². The van der Waals surface area contributed by atoms with E-state index in [-0.39, 0.29) is 19.3 Å². The number of benzene rings is 2. The number of ether oxygens (including phenoxy) is 3. The topological polar surface area (TPSA) is 69.2 Å². The largest absolute Gasteiger partial charge is 0.483 e. The number of hydrogen-bond donors (Lipinski definition) is 1. The van der Waals surface area contributed by atoms with Gasteiger partial charge in [0.15, 0.2) is 18.1 Å². The molecule has 1 aliphatic rings. The molecule has 0 aromatic heterocycles. The van der Waals surface area contributed by atoms with E-state index in [0.717, 1.165) is 15.6 Å². The zero-order chi connectivity index (χ0) is 18.7. The zero-order valence-electron chi connectivity index (χ0n) is 14.1. The highest BCUT2D eigenvalue weighted by molar-refractivity contribution is 9.10. The summed E-state index contributed by atoms with van der Waals surface area (Å²) >= 11 is 9.57. The van der Waals surface area contributed by atoms with Crippen LogP contribution in [0.2, 0.25) is 5.02 Å². The van der Waals surface area contributed by atoms with E-state index in [4.69, 9.17) is 25.8 Å². The molecular weight excluding hydrogens is 424 g/mol. The highest BCUT2D eigenvalue weighted by Gasteiger charge is 2.15. The van der Waals surface area contributed by atoms with Crippen molar-refractivity contribution in [1.82, 2.24) is 5.43 Å². The molecule has 0 radical (unpaired) electrons. The van der Waals surface area contributed by atoms with Gasteiger partial charge < -0.3 is 14.2 Å². The summed E-state index contributed by atoms with van der Waals surface area (Å²) in [6.45, 7) is 3.86. The summed E-state index contributed by atoms with van der Waals surface area (Å²) in [7, 11) is 0. The van der Waals surface area contributed by atoms with Gasteiger partial charge in [-0.1, -0.05) is 27.5 Å². The number of nitrogens with one attached hydrogen (secondary N) is 1. The Balaban J connectivity index is 1.57. The molecule has 2 aromatic carbocycles. The first kappa shape index (κ1) is 18.5. The second-order valence-electron chi connectivity index (χ2n) is 5.68. The van der Waals surface area contributed by atoms with Gasteiger partial charge in [0.25, 0.3) is 5.91 Å². The van der Waals surface area contributed by atoms with E-state index in [1.165, 1.54) is 6.21 Å². The molecule has 0 saturated carbocycles. The summed E-state index contributed by atoms with van der Waals surface area (Å²) in [5.74, 6) is 1.49. The van der Waals surface area contributed by atoms with Gasteiger partial charge in [-0.3, -0.25) is 4.79 Å². The summed E-state index contributed by atoms with van der Waals surface area (Å²) in [6.07, 6.45) is 1.44. The molecular formula is C18H16BrClN2O4. The highest BCUT2D eigenvalue weighted by atomic mass is 79.9. The minimum Gasteiger partial charge on any atom is -0.483 e. The maximum Gasteiger partial charge on any atom is 0.277 e. The molecule has 0 unspecified atom stereocenters. The minimum absolute atomic E-state index is 0.143. The highest BCUT2D eigenvalue weighted by Crippen LogP contribution is 2.36. The predicted molar refractivity (Wildman–Crippen MR) is 102 cm³/mol. The van der Waals surface area contributed by atoms with Crippen molar-refractivity contribution in [3.8, 4) is 17.2 Å². The van der Waals surface area contributed by atoms with E-state index in [0.29, 0.717) is 27.8 Å². The molecule has 2 aromatic rings. The van der Waals surface area contributed by atoms with Gasteiger partial charge in [-0.25, -0.2) is 5.43 Å². The van der Waals surface area contributed by atoms with Crippen molar-refractivity contribution in [2.24, 2.45) is 5.10 Å². The van der Waals surface area contributed by atoms with Crippen molar-refractivity contribution in [2.75, 3.05) is 13.4 Å². The van der Waals surface area contributed by atoms with E-state index < -0.39 is 0 Å². The maximum absolute atomic E-state index is 11.9. The Morgan fingerprint density at radius 2 is 1.92 bits per heavy atom. The van der Waals surface area contributed by atoms with E-state index in [1.807, 2.05) is 26.0 Å². The Morgan fingerprint density at radius 3 is 2.62 bits per heavy atom. The van der Waals surface area contributed by atoms with Gasteiger partial charge in [-0.05, 0) is 43.2 Å². The second-order valence-corrected chi connectivity index (χ2v) is 7.00. The smallest absolute Gasteiger partial charge is 0.277 e. The molecule has 0 spiro atoms. The number of carbonyl (C=O) groups excluding carboxylic acids is 1. The summed E-state index contributed by atoms with van der Waals surface area (Å²) < 4.78 is 17.1. The number of nitrogens with zero attached hydrogens (tertiary/aromatic N) is 1. The van der Waals surface area contributed by atoms with Gasteiger partial charge in [-0.2, -0.15) is 5.10 Å².